The van der Waals surface area contributed by atoms with Crippen molar-refractivity contribution in [2.24, 2.45) is 0 Å². The molecule has 0 atom stereocenters. The number of ether oxygens (including phenoxy) is 1. The number of rotatable bonds is 4. The Morgan fingerprint density at radius 1 is 1.19 bits per heavy atom. The Balaban J connectivity index is 1.98. The molecular weight excluding hydrogens is 330 g/mol. The van der Waals surface area contributed by atoms with Gasteiger partial charge in [0.05, 0.1) is 5.56 Å². The zero-order valence-electron chi connectivity index (χ0n) is 12.1. The molecule has 0 radical (unpaired) electrons. The zero-order valence-corrected chi connectivity index (χ0v) is 13.7. The summed E-state index contributed by atoms with van der Waals surface area (Å²) in [4.78, 5) is 12.0. The van der Waals surface area contributed by atoms with Crippen LogP contribution in [0.2, 0.25) is 0 Å². The summed E-state index contributed by atoms with van der Waals surface area (Å²) in [6.07, 6.45) is 0. The molecule has 0 unspecified atom stereocenters. The summed E-state index contributed by atoms with van der Waals surface area (Å²) >= 11 is 3.30. The van der Waals surface area contributed by atoms with Gasteiger partial charge in [-0.25, -0.2) is 4.79 Å². The van der Waals surface area contributed by atoms with Gasteiger partial charge in [0, 0.05) is 10.2 Å². The second kappa shape index (κ2) is 6.76. The Kier molecular flexibility index (Phi) is 5.02. The van der Waals surface area contributed by atoms with E-state index >= 15 is 0 Å². The van der Waals surface area contributed by atoms with Crippen LogP contribution in [0.1, 0.15) is 41.3 Å². The largest absolute Gasteiger partial charge is 0.457 e. The van der Waals surface area contributed by atoms with Gasteiger partial charge in [-0.15, -0.1) is 0 Å². The van der Waals surface area contributed by atoms with Crippen molar-refractivity contribution in [3.8, 4) is 0 Å². The third kappa shape index (κ3) is 4.08. The molecule has 2 rings (SSSR count). The van der Waals surface area contributed by atoms with Crippen LogP contribution >= 0.6 is 15.9 Å². The average Bonchev–Trinajstić information content (AvgIpc) is 2.48. The molecule has 2 aromatic carbocycles. The summed E-state index contributed by atoms with van der Waals surface area (Å²) in [5, 5.41) is 0. The van der Waals surface area contributed by atoms with E-state index in [-0.39, 0.29) is 12.6 Å². The summed E-state index contributed by atoms with van der Waals surface area (Å²) in [6, 6.07) is 13.1. The number of carbonyl (C=O) groups excluding carboxylic acids is 1. The molecule has 0 heterocycles. The Bertz CT molecular complexity index is 636. The molecule has 2 N–H and O–H groups in total. The number of carbonyl (C=O) groups is 1. The number of anilines is 1. The highest BCUT2D eigenvalue weighted by molar-refractivity contribution is 9.10. The second-order valence-corrected chi connectivity index (χ2v) is 6.06. The lowest BCUT2D eigenvalue weighted by atomic mass is 10.0. The molecule has 0 saturated heterocycles. The van der Waals surface area contributed by atoms with Gasteiger partial charge >= 0.3 is 5.97 Å². The van der Waals surface area contributed by atoms with Crippen LogP contribution in [0.3, 0.4) is 0 Å². The molecule has 2 aromatic rings. The molecule has 0 bridgehead atoms. The van der Waals surface area contributed by atoms with E-state index in [0.29, 0.717) is 17.2 Å². The fourth-order valence-electron chi connectivity index (χ4n) is 1.90. The lowest BCUT2D eigenvalue weighted by Gasteiger charge is -2.08. The van der Waals surface area contributed by atoms with Crippen molar-refractivity contribution in [1.29, 1.82) is 0 Å². The van der Waals surface area contributed by atoms with Gasteiger partial charge < -0.3 is 10.5 Å². The predicted octanol–water partition coefficient (Wildman–Crippen LogP) is 4.51. The number of halogens is 1. The maximum Gasteiger partial charge on any atom is 0.338 e. The molecule has 0 aliphatic rings. The van der Waals surface area contributed by atoms with Crippen LogP contribution in [0.4, 0.5) is 5.69 Å². The topological polar surface area (TPSA) is 52.3 Å². The van der Waals surface area contributed by atoms with Gasteiger partial charge in [0.2, 0.25) is 0 Å². The second-order valence-electron chi connectivity index (χ2n) is 5.21. The van der Waals surface area contributed by atoms with Gasteiger partial charge in [-0.3, -0.25) is 0 Å². The molecule has 0 fully saturated rings. The number of hydrogen-bond acceptors (Lipinski definition) is 3. The molecule has 21 heavy (non-hydrogen) atoms. The Morgan fingerprint density at radius 2 is 1.86 bits per heavy atom. The van der Waals surface area contributed by atoms with Crippen molar-refractivity contribution >= 4 is 27.6 Å². The van der Waals surface area contributed by atoms with Gasteiger partial charge in [0.15, 0.2) is 0 Å². The van der Waals surface area contributed by atoms with E-state index in [2.05, 4.69) is 41.9 Å². The predicted molar refractivity (Wildman–Crippen MR) is 88.2 cm³/mol. The van der Waals surface area contributed by atoms with E-state index in [9.17, 15) is 4.79 Å². The molecule has 4 heteroatoms. The van der Waals surface area contributed by atoms with Gasteiger partial charge in [0.1, 0.15) is 6.61 Å². The van der Waals surface area contributed by atoms with E-state index in [4.69, 9.17) is 10.5 Å². The quantitative estimate of drug-likeness (QED) is 0.653. The SMILES string of the molecule is CC(C)c1ccc(COC(=O)c2ccc(Br)c(N)c2)cc1. The number of esters is 1. The zero-order chi connectivity index (χ0) is 15.4. The van der Waals surface area contributed by atoms with Crippen molar-refractivity contribution in [1.82, 2.24) is 0 Å². The van der Waals surface area contributed by atoms with Crippen LogP contribution in [0.5, 0.6) is 0 Å². The third-order valence-electron chi connectivity index (χ3n) is 3.25. The van der Waals surface area contributed by atoms with Crippen molar-refractivity contribution in [3.63, 3.8) is 0 Å². The van der Waals surface area contributed by atoms with E-state index in [1.54, 1.807) is 18.2 Å². The molecule has 0 amide bonds. The first kappa shape index (κ1) is 15.6. The summed E-state index contributed by atoms with van der Waals surface area (Å²) in [6.45, 7) is 4.55. The fraction of sp³-hybridized carbons (Fsp3) is 0.235. The lowest BCUT2D eigenvalue weighted by molar-refractivity contribution is 0.0473. The summed E-state index contributed by atoms with van der Waals surface area (Å²) in [7, 11) is 0. The van der Waals surface area contributed by atoms with Gasteiger partial charge in [0.25, 0.3) is 0 Å². The van der Waals surface area contributed by atoms with Crippen LogP contribution in [-0.2, 0) is 11.3 Å². The Morgan fingerprint density at radius 3 is 2.43 bits per heavy atom. The fourth-order valence-corrected chi connectivity index (χ4v) is 2.15. The van der Waals surface area contributed by atoms with Crippen molar-refractivity contribution in [2.45, 2.75) is 26.4 Å². The first-order valence-electron chi connectivity index (χ1n) is 6.78. The molecular formula is C17H18BrNO2. The maximum absolute atomic E-state index is 12.0. The molecule has 0 aliphatic carbocycles. The molecule has 3 nitrogen and oxygen atoms in total. The van der Waals surface area contributed by atoms with Crippen molar-refractivity contribution < 1.29 is 9.53 Å². The molecule has 0 aromatic heterocycles. The molecule has 0 aliphatic heterocycles. The van der Waals surface area contributed by atoms with Crippen molar-refractivity contribution in [2.75, 3.05) is 5.73 Å². The van der Waals surface area contributed by atoms with Crippen molar-refractivity contribution in [3.05, 3.63) is 63.6 Å². The highest BCUT2D eigenvalue weighted by Crippen LogP contribution is 2.21. The summed E-state index contributed by atoms with van der Waals surface area (Å²) < 4.78 is 6.07. The minimum absolute atomic E-state index is 0.257. The summed E-state index contributed by atoms with van der Waals surface area (Å²) in [5.74, 6) is 0.120. The minimum atomic E-state index is -0.373. The molecule has 0 spiro atoms. The standard InChI is InChI=1S/C17H18BrNO2/c1-11(2)13-5-3-12(4-6-13)10-21-17(20)14-7-8-15(18)16(19)9-14/h3-9,11H,10,19H2,1-2H3. The molecule has 0 saturated carbocycles. The monoisotopic (exact) mass is 347 g/mol. The Hall–Kier alpha value is -1.81. The average molecular weight is 348 g/mol. The van der Waals surface area contributed by atoms with Crippen LogP contribution in [0, 0.1) is 0 Å². The normalized spacial score (nSPS) is 10.7. The number of hydrogen-bond donors (Lipinski definition) is 1. The van der Waals surface area contributed by atoms with Gasteiger partial charge in [-0.05, 0) is 51.2 Å². The van der Waals surface area contributed by atoms with Gasteiger partial charge in [-0.1, -0.05) is 38.1 Å². The number of nitrogens with two attached hydrogens (primary N) is 1. The first-order chi connectivity index (χ1) is 9.97. The lowest BCUT2D eigenvalue weighted by Crippen LogP contribution is -2.06. The van der Waals surface area contributed by atoms with E-state index in [0.717, 1.165) is 10.0 Å². The van der Waals surface area contributed by atoms with Crippen LogP contribution in [0.15, 0.2) is 46.9 Å². The highest BCUT2D eigenvalue weighted by Gasteiger charge is 2.09. The number of benzene rings is 2. The van der Waals surface area contributed by atoms with Crippen LogP contribution in [0.25, 0.3) is 0 Å². The van der Waals surface area contributed by atoms with Gasteiger partial charge in [-0.2, -0.15) is 0 Å². The van der Waals surface area contributed by atoms with E-state index in [1.807, 2.05) is 12.1 Å². The maximum atomic E-state index is 12.0. The first-order valence-corrected chi connectivity index (χ1v) is 7.57. The number of nitrogen functional groups attached to an aromatic ring is 1. The Labute approximate surface area is 133 Å². The van der Waals surface area contributed by atoms with Crippen LogP contribution in [-0.4, -0.2) is 5.97 Å². The molecule has 110 valence electrons. The van der Waals surface area contributed by atoms with Crippen LogP contribution < -0.4 is 5.73 Å². The highest BCUT2D eigenvalue weighted by atomic mass is 79.9. The van der Waals surface area contributed by atoms with E-state index < -0.39 is 0 Å². The minimum Gasteiger partial charge on any atom is -0.457 e. The summed E-state index contributed by atoms with van der Waals surface area (Å²) in [5.41, 5.74) is 8.97. The third-order valence-corrected chi connectivity index (χ3v) is 3.97. The van der Waals surface area contributed by atoms with E-state index in [1.165, 1.54) is 5.56 Å². The smallest absolute Gasteiger partial charge is 0.338 e.